The molecule has 1 aliphatic heterocycles. The SMILES string of the molecule is [2H]C([2H])([2H])Oc1ccc([C@H]2OC3=CC(=O)C(CC=C)=C[C@]3(OC)[C@@H]2C)cc1OC([2H])([2H])[2H]. The van der Waals surface area contributed by atoms with Crippen molar-refractivity contribution in [1.29, 1.82) is 0 Å². The summed E-state index contributed by atoms with van der Waals surface area (Å²) in [6.07, 6.45) is 4.51. The van der Waals surface area contributed by atoms with E-state index in [0.29, 0.717) is 23.3 Å². The highest BCUT2D eigenvalue weighted by molar-refractivity contribution is 6.06. The molecule has 0 N–H and O–H groups in total. The van der Waals surface area contributed by atoms with Crippen molar-refractivity contribution < 1.29 is 32.0 Å². The molecule has 0 unspecified atom stereocenters. The molecule has 2 aliphatic rings. The minimum absolute atomic E-state index is 0.201. The Hall–Kier alpha value is -2.53. The van der Waals surface area contributed by atoms with Gasteiger partial charge in [-0.25, -0.2) is 0 Å². The minimum Gasteiger partial charge on any atom is -0.493 e. The van der Waals surface area contributed by atoms with Gasteiger partial charge in [-0.3, -0.25) is 4.79 Å². The molecular weight excluding hydrogens is 332 g/mol. The summed E-state index contributed by atoms with van der Waals surface area (Å²) in [7, 11) is -4.10. The maximum Gasteiger partial charge on any atom is 0.185 e. The number of ether oxygens (including phenoxy) is 4. The number of carbonyl (C=O) groups is 1. The molecule has 1 saturated heterocycles. The number of carbonyl (C=O) groups excluding carboxylic acids is 1. The predicted molar refractivity (Wildman–Crippen MR) is 98.3 cm³/mol. The van der Waals surface area contributed by atoms with Gasteiger partial charge < -0.3 is 18.9 Å². The van der Waals surface area contributed by atoms with E-state index in [-0.39, 0.29) is 23.2 Å². The second kappa shape index (κ2) is 7.00. The molecule has 0 saturated carbocycles. The van der Waals surface area contributed by atoms with Gasteiger partial charge in [0.25, 0.3) is 0 Å². The molecule has 1 fully saturated rings. The lowest BCUT2D eigenvalue weighted by molar-refractivity contribution is -0.112. The molecule has 0 amide bonds. The molecular formula is C21H24O5. The highest BCUT2D eigenvalue weighted by Crippen LogP contribution is 2.52. The summed E-state index contributed by atoms with van der Waals surface area (Å²) in [5.74, 6) is -0.674. The highest BCUT2D eigenvalue weighted by Gasteiger charge is 2.53. The third kappa shape index (κ3) is 2.72. The summed E-state index contributed by atoms with van der Waals surface area (Å²) < 4.78 is 65.9. The summed E-state index contributed by atoms with van der Waals surface area (Å²) in [4.78, 5) is 12.4. The Morgan fingerprint density at radius 2 is 2.12 bits per heavy atom. The van der Waals surface area contributed by atoms with Crippen LogP contribution in [0.15, 0.2) is 54.3 Å². The first-order chi connectivity index (χ1) is 14.8. The number of methoxy groups -OCH3 is 3. The molecule has 3 rings (SSSR count). The summed E-state index contributed by atoms with van der Waals surface area (Å²) >= 11 is 0. The van der Waals surface area contributed by atoms with Crippen molar-refractivity contribution in [3.05, 3.63) is 59.9 Å². The van der Waals surface area contributed by atoms with E-state index in [9.17, 15) is 4.79 Å². The maximum absolute atomic E-state index is 12.4. The van der Waals surface area contributed by atoms with Crippen molar-refractivity contribution in [2.45, 2.75) is 25.0 Å². The van der Waals surface area contributed by atoms with Gasteiger partial charge in [0.05, 0.1) is 22.3 Å². The zero-order valence-corrected chi connectivity index (χ0v) is 14.6. The van der Waals surface area contributed by atoms with E-state index in [4.69, 9.17) is 27.2 Å². The molecule has 1 heterocycles. The van der Waals surface area contributed by atoms with E-state index in [0.717, 1.165) is 0 Å². The van der Waals surface area contributed by atoms with E-state index in [1.54, 1.807) is 18.2 Å². The van der Waals surface area contributed by atoms with Gasteiger partial charge in [0.2, 0.25) is 0 Å². The van der Waals surface area contributed by atoms with Crippen LogP contribution >= 0.6 is 0 Å². The molecule has 5 heteroatoms. The van der Waals surface area contributed by atoms with Crippen molar-refractivity contribution in [2.75, 3.05) is 21.2 Å². The molecule has 26 heavy (non-hydrogen) atoms. The first-order valence-electron chi connectivity index (χ1n) is 11.1. The number of rotatable bonds is 6. The van der Waals surface area contributed by atoms with E-state index < -0.39 is 25.8 Å². The third-order valence-corrected chi connectivity index (χ3v) is 4.96. The fraction of sp³-hybridized carbons (Fsp3) is 0.381. The highest BCUT2D eigenvalue weighted by atomic mass is 16.6. The van der Waals surface area contributed by atoms with Crippen LogP contribution in [-0.2, 0) is 14.3 Å². The number of hydrogen-bond acceptors (Lipinski definition) is 5. The Labute approximate surface area is 162 Å². The average Bonchev–Trinajstić information content (AvgIpc) is 2.94. The van der Waals surface area contributed by atoms with E-state index in [1.807, 2.05) is 6.92 Å². The molecule has 1 aliphatic carbocycles. The molecule has 5 nitrogen and oxygen atoms in total. The Morgan fingerprint density at radius 3 is 2.81 bits per heavy atom. The lowest BCUT2D eigenvalue weighted by Crippen LogP contribution is -2.38. The first kappa shape index (κ1) is 12.0. The lowest BCUT2D eigenvalue weighted by Gasteiger charge is -2.31. The van der Waals surface area contributed by atoms with Crippen LogP contribution in [0.2, 0.25) is 0 Å². The molecule has 0 spiro atoms. The van der Waals surface area contributed by atoms with Crippen LogP contribution in [0, 0.1) is 5.92 Å². The number of fused-ring (bicyclic) bond motifs is 1. The smallest absolute Gasteiger partial charge is 0.185 e. The van der Waals surface area contributed by atoms with Crippen LogP contribution in [0.4, 0.5) is 0 Å². The van der Waals surface area contributed by atoms with Gasteiger partial charge in [-0.1, -0.05) is 19.1 Å². The van der Waals surface area contributed by atoms with Crippen LogP contribution in [0.3, 0.4) is 0 Å². The monoisotopic (exact) mass is 362 g/mol. The predicted octanol–water partition coefficient (Wildman–Crippen LogP) is 3.77. The van der Waals surface area contributed by atoms with Gasteiger partial charge in [-0.15, -0.1) is 6.58 Å². The Balaban J connectivity index is 2.03. The molecule has 3 atom stereocenters. The number of hydrogen-bond donors (Lipinski definition) is 0. The summed E-state index contributed by atoms with van der Waals surface area (Å²) in [6.45, 7) is 5.56. The molecule has 138 valence electrons. The van der Waals surface area contributed by atoms with Gasteiger partial charge in [0, 0.05) is 24.7 Å². The van der Waals surface area contributed by atoms with Crippen LogP contribution in [0.25, 0.3) is 0 Å². The average molecular weight is 362 g/mol. The topological polar surface area (TPSA) is 54.0 Å². The van der Waals surface area contributed by atoms with Crippen LogP contribution in [0.5, 0.6) is 11.5 Å². The Bertz CT molecular complexity index is 978. The lowest BCUT2D eigenvalue weighted by atomic mass is 9.78. The number of allylic oxidation sites excluding steroid dienone is 3. The van der Waals surface area contributed by atoms with Crippen molar-refractivity contribution >= 4 is 5.78 Å². The van der Waals surface area contributed by atoms with Gasteiger partial charge in [0.1, 0.15) is 17.5 Å². The molecule has 1 aromatic rings. The molecule has 0 radical (unpaired) electrons. The Morgan fingerprint density at radius 1 is 1.35 bits per heavy atom. The molecule has 1 aromatic carbocycles. The number of benzene rings is 1. The van der Waals surface area contributed by atoms with Crippen molar-refractivity contribution in [3.8, 4) is 11.5 Å². The van der Waals surface area contributed by atoms with Crippen LogP contribution in [0.1, 0.15) is 33.2 Å². The van der Waals surface area contributed by atoms with E-state index >= 15 is 0 Å². The first-order valence-corrected chi connectivity index (χ1v) is 8.12. The maximum atomic E-state index is 12.4. The second-order valence-corrected chi connectivity index (χ2v) is 6.27. The molecule has 0 bridgehead atoms. The van der Waals surface area contributed by atoms with Crippen molar-refractivity contribution in [1.82, 2.24) is 0 Å². The second-order valence-electron chi connectivity index (χ2n) is 6.27. The summed E-state index contributed by atoms with van der Waals surface area (Å²) in [5, 5.41) is 0. The van der Waals surface area contributed by atoms with Gasteiger partial charge in [-0.05, 0) is 30.2 Å². The van der Waals surface area contributed by atoms with Crippen LogP contribution < -0.4 is 9.47 Å². The van der Waals surface area contributed by atoms with E-state index in [2.05, 4.69) is 6.58 Å². The summed E-state index contributed by atoms with van der Waals surface area (Å²) in [6, 6.07) is 4.25. The van der Waals surface area contributed by atoms with Crippen molar-refractivity contribution in [3.63, 3.8) is 0 Å². The minimum atomic E-state index is -2.83. The quantitative estimate of drug-likeness (QED) is 0.721. The number of ketones is 1. The normalized spacial score (nSPS) is 31.5. The fourth-order valence-corrected chi connectivity index (χ4v) is 3.55. The van der Waals surface area contributed by atoms with Gasteiger partial charge in [-0.2, -0.15) is 0 Å². The van der Waals surface area contributed by atoms with Crippen LogP contribution in [-0.4, -0.2) is 32.6 Å². The summed E-state index contributed by atoms with van der Waals surface area (Å²) in [5.41, 5.74) is 0.0533. The largest absolute Gasteiger partial charge is 0.493 e. The zero-order chi connectivity index (χ0) is 23.9. The van der Waals surface area contributed by atoms with Gasteiger partial charge in [0.15, 0.2) is 17.3 Å². The standard InChI is InChI=1S/C21H24O5/c1-6-7-15-12-21(25-5)13(2)20(26-19(21)11-16(15)22)14-8-9-17(23-3)18(10-14)24-4/h6,8-13,20H,1,7H2,2-5H3/t13-,20+,21+/m1/s1/i3D3,4D3. The zero-order valence-electron chi connectivity index (χ0n) is 20.6. The third-order valence-electron chi connectivity index (χ3n) is 4.96. The fourth-order valence-electron chi connectivity index (χ4n) is 3.55. The van der Waals surface area contributed by atoms with Crippen molar-refractivity contribution in [2.24, 2.45) is 5.92 Å². The Kier molecular flexibility index (Phi) is 3.22. The van der Waals surface area contributed by atoms with E-state index in [1.165, 1.54) is 25.3 Å². The molecule has 0 aromatic heterocycles. The van der Waals surface area contributed by atoms with Gasteiger partial charge >= 0.3 is 0 Å².